The van der Waals surface area contributed by atoms with E-state index in [4.69, 9.17) is 11.6 Å². The van der Waals surface area contributed by atoms with Crippen LogP contribution < -0.4 is 5.32 Å². The lowest BCUT2D eigenvalue weighted by Gasteiger charge is -2.07. The van der Waals surface area contributed by atoms with Crippen molar-refractivity contribution in [2.24, 2.45) is 0 Å². The number of hydrogen-bond donors (Lipinski definition) is 1. The topological polar surface area (TPSA) is 64.2 Å². The van der Waals surface area contributed by atoms with Crippen LogP contribution in [0, 0.1) is 6.92 Å². The Bertz CT molecular complexity index is 1160. The van der Waals surface area contributed by atoms with Crippen molar-refractivity contribution >= 4 is 40.3 Å². The third-order valence-electron chi connectivity index (χ3n) is 4.39. The highest BCUT2D eigenvalue weighted by atomic mass is 35.5. The van der Waals surface area contributed by atoms with Gasteiger partial charge in [-0.1, -0.05) is 29.8 Å². The van der Waals surface area contributed by atoms with Crippen LogP contribution in [0.4, 0.5) is 0 Å². The standard InChI is InChI=1S/C20H18ClN5O/c1-14-23-15-6-2-3-7-16(15)25(14)13-11-22-19(27)10-9-17-20(21)24-18-8-4-5-12-26(17)18/h2-10,12H,11,13H2,1H3,(H,22,27). The lowest BCUT2D eigenvalue weighted by molar-refractivity contribution is -0.116. The molecule has 1 amide bonds. The Labute approximate surface area is 161 Å². The molecule has 1 N–H and O–H groups in total. The highest BCUT2D eigenvalue weighted by Gasteiger charge is 2.08. The van der Waals surface area contributed by atoms with Crippen molar-refractivity contribution < 1.29 is 4.79 Å². The summed E-state index contributed by atoms with van der Waals surface area (Å²) in [7, 11) is 0. The van der Waals surface area contributed by atoms with E-state index in [0.717, 1.165) is 22.5 Å². The van der Waals surface area contributed by atoms with Crippen molar-refractivity contribution in [3.05, 3.63) is 71.4 Å². The molecule has 6 nitrogen and oxygen atoms in total. The number of benzene rings is 1. The number of aryl methyl sites for hydroxylation is 1. The van der Waals surface area contributed by atoms with Crippen molar-refractivity contribution in [3.8, 4) is 0 Å². The van der Waals surface area contributed by atoms with Crippen LogP contribution in [-0.4, -0.2) is 31.4 Å². The van der Waals surface area contributed by atoms with Crippen LogP contribution in [0.2, 0.25) is 5.15 Å². The zero-order chi connectivity index (χ0) is 18.8. The minimum atomic E-state index is -0.181. The van der Waals surface area contributed by atoms with Gasteiger partial charge in [-0.15, -0.1) is 0 Å². The molecule has 0 radical (unpaired) electrons. The molecule has 136 valence electrons. The molecule has 0 spiro atoms. The summed E-state index contributed by atoms with van der Waals surface area (Å²) in [6.45, 7) is 3.13. The molecule has 0 aliphatic heterocycles. The zero-order valence-corrected chi connectivity index (χ0v) is 15.5. The fourth-order valence-corrected chi connectivity index (χ4v) is 3.36. The molecule has 0 saturated heterocycles. The number of nitrogens with zero attached hydrogens (tertiary/aromatic N) is 4. The van der Waals surface area contributed by atoms with Gasteiger partial charge in [-0.05, 0) is 37.3 Å². The van der Waals surface area contributed by atoms with Gasteiger partial charge in [0.15, 0.2) is 5.15 Å². The van der Waals surface area contributed by atoms with Gasteiger partial charge in [0.2, 0.25) is 5.91 Å². The molecule has 0 atom stereocenters. The van der Waals surface area contributed by atoms with Gasteiger partial charge in [0.1, 0.15) is 11.5 Å². The summed E-state index contributed by atoms with van der Waals surface area (Å²) in [5.41, 5.74) is 3.45. The van der Waals surface area contributed by atoms with Crippen molar-refractivity contribution in [2.45, 2.75) is 13.5 Å². The molecule has 0 bridgehead atoms. The number of carbonyl (C=O) groups is 1. The van der Waals surface area contributed by atoms with Crippen LogP contribution in [0.25, 0.3) is 22.8 Å². The second kappa shape index (κ2) is 7.25. The lowest BCUT2D eigenvalue weighted by Crippen LogP contribution is -2.25. The maximum absolute atomic E-state index is 12.2. The molecule has 4 aromatic rings. The average Bonchev–Trinajstić information content (AvgIpc) is 3.16. The predicted octanol–water partition coefficient (Wildman–Crippen LogP) is 3.48. The largest absolute Gasteiger partial charge is 0.351 e. The van der Waals surface area contributed by atoms with E-state index in [0.29, 0.717) is 23.9 Å². The molecule has 1 aromatic carbocycles. The van der Waals surface area contributed by atoms with E-state index in [1.165, 1.54) is 6.08 Å². The van der Waals surface area contributed by atoms with Crippen molar-refractivity contribution in [1.82, 2.24) is 24.3 Å². The number of nitrogens with one attached hydrogen (secondary N) is 1. The number of rotatable bonds is 5. The fourth-order valence-electron chi connectivity index (χ4n) is 3.12. The Morgan fingerprint density at radius 1 is 1.19 bits per heavy atom. The first kappa shape index (κ1) is 17.3. The minimum absolute atomic E-state index is 0.181. The van der Waals surface area contributed by atoms with E-state index in [1.807, 2.05) is 60.0 Å². The first-order chi connectivity index (χ1) is 13.1. The molecule has 0 aliphatic carbocycles. The molecule has 0 saturated carbocycles. The smallest absolute Gasteiger partial charge is 0.244 e. The van der Waals surface area contributed by atoms with E-state index in [2.05, 4.69) is 19.9 Å². The van der Waals surface area contributed by atoms with E-state index in [-0.39, 0.29) is 5.91 Å². The second-order valence-electron chi connectivity index (χ2n) is 6.14. The van der Waals surface area contributed by atoms with E-state index in [1.54, 1.807) is 6.08 Å². The summed E-state index contributed by atoms with van der Waals surface area (Å²) < 4.78 is 3.94. The van der Waals surface area contributed by atoms with Gasteiger partial charge in [0.25, 0.3) is 0 Å². The summed E-state index contributed by atoms with van der Waals surface area (Å²) in [4.78, 5) is 21.0. The van der Waals surface area contributed by atoms with Crippen LogP contribution >= 0.6 is 11.6 Å². The van der Waals surface area contributed by atoms with Gasteiger partial charge < -0.3 is 9.88 Å². The number of hydrogen-bond acceptors (Lipinski definition) is 3. The molecule has 0 aliphatic rings. The van der Waals surface area contributed by atoms with Gasteiger partial charge >= 0.3 is 0 Å². The van der Waals surface area contributed by atoms with Crippen LogP contribution in [0.3, 0.4) is 0 Å². The van der Waals surface area contributed by atoms with Gasteiger partial charge in [0, 0.05) is 25.4 Å². The molecule has 27 heavy (non-hydrogen) atoms. The maximum atomic E-state index is 12.2. The Morgan fingerprint density at radius 3 is 2.89 bits per heavy atom. The van der Waals surface area contributed by atoms with Crippen molar-refractivity contribution in [2.75, 3.05) is 6.54 Å². The highest BCUT2D eigenvalue weighted by molar-refractivity contribution is 6.31. The number of fused-ring (bicyclic) bond motifs is 2. The molecule has 3 heterocycles. The van der Waals surface area contributed by atoms with Crippen molar-refractivity contribution in [1.29, 1.82) is 0 Å². The van der Waals surface area contributed by atoms with Gasteiger partial charge in [-0.2, -0.15) is 0 Å². The summed E-state index contributed by atoms with van der Waals surface area (Å²) in [6, 6.07) is 13.6. The molecule has 4 rings (SSSR count). The normalized spacial score (nSPS) is 11.6. The maximum Gasteiger partial charge on any atom is 0.244 e. The predicted molar refractivity (Wildman–Crippen MR) is 107 cm³/mol. The number of halogens is 1. The molecule has 7 heteroatoms. The van der Waals surface area contributed by atoms with Gasteiger partial charge in [-0.3, -0.25) is 9.20 Å². The summed E-state index contributed by atoms with van der Waals surface area (Å²) in [5, 5.41) is 3.26. The van der Waals surface area contributed by atoms with Crippen LogP contribution in [0.5, 0.6) is 0 Å². The highest BCUT2D eigenvalue weighted by Crippen LogP contribution is 2.19. The van der Waals surface area contributed by atoms with E-state index < -0.39 is 0 Å². The summed E-state index contributed by atoms with van der Waals surface area (Å²) in [5.74, 6) is 0.748. The van der Waals surface area contributed by atoms with Crippen molar-refractivity contribution in [3.63, 3.8) is 0 Å². The Morgan fingerprint density at radius 2 is 2.00 bits per heavy atom. The molecular formula is C20H18ClN5O. The third kappa shape index (κ3) is 3.44. The minimum Gasteiger partial charge on any atom is -0.351 e. The average molecular weight is 380 g/mol. The number of imidazole rings is 2. The SMILES string of the molecule is Cc1nc2ccccc2n1CCNC(=O)C=Cc1c(Cl)nc2ccccn12. The lowest BCUT2D eigenvalue weighted by atomic mass is 10.3. The quantitative estimate of drug-likeness (QED) is 0.540. The van der Waals surface area contributed by atoms with Gasteiger partial charge in [-0.25, -0.2) is 9.97 Å². The number of amides is 1. The van der Waals surface area contributed by atoms with E-state index >= 15 is 0 Å². The molecule has 0 unspecified atom stereocenters. The number of para-hydroxylation sites is 2. The van der Waals surface area contributed by atoms with Crippen LogP contribution in [0.15, 0.2) is 54.7 Å². The Kier molecular flexibility index (Phi) is 4.64. The third-order valence-corrected chi connectivity index (χ3v) is 4.67. The first-order valence-electron chi connectivity index (χ1n) is 8.64. The number of carbonyl (C=O) groups excluding carboxylic acids is 1. The fraction of sp³-hybridized carbons (Fsp3) is 0.150. The Hall–Kier alpha value is -3.12. The molecule has 3 aromatic heterocycles. The molecular weight excluding hydrogens is 362 g/mol. The van der Waals surface area contributed by atoms with E-state index in [9.17, 15) is 4.79 Å². The number of pyridine rings is 1. The summed E-state index contributed by atoms with van der Waals surface area (Å²) in [6.07, 6.45) is 5.01. The zero-order valence-electron chi connectivity index (χ0n) is 14.8. The monoisotopic (exact) mass is 379 g/mol. The number of aromatic nitrogens is 4. The first-order valence-corrected chi connectivity index (χ1v) is 9.01. The van der Waals surface area contributed by atoms with Crippen LogP contribution in [-0.2, 0) is 11.3 Å². The van der Waals surface area contributed by atoms with Gasteiger partial charge in [0.05, 0.1) is 16.7 Å². The summed E-state index contributed by atoms with van der Waals surface area (Å²) >= 11 is 6.17. The molecule has 0 fully saturated rings. The second-order valence-corrected chi connectivity index (χ2v) is 6.50. The van der Waals surface area contributed by atoms with Crippen LogP contribution in [0.1, 0.15) is 11.5 Å². The Balaban J connectivity index is 1.41.